The lowest BCUT2D eigenvalue weighted by Gasteiger charge is -1.93. The third-order valence-corrected chi connectivity index (χ3v) is 2.30. The summed E-state index contributed by atoms with van der Waals surface area (Å²) in [6.45, 7) is 3.71. The third-order valence-electron chi connectivity index (χ3n) is 2.10. The molecule has 15 heavy (non-hydrogen) atoms. The second-order valence-electron chi connectivity index (χ2n) is 3.33. The third kappa shape index (κ3) is 1.92. The maximum atomic E-state index is 11.3. The van der Waals surface area contributed by atoms with Crippen LogP contribution in [0.2, 0.25) is 0 Å². The lowest BCUT2D eigenvalue weighted by atomic mass is 10.2. The Bertz CT molecular complexity index is 474. The first-order chi connectivity index (χ1) is 7.06. The molecule has 0 spiro atoms. The summed E-state index contributed by atoms with van der Waals surface area (Å²) in [5, 5.41) is 5.61. The van der Waals surface area contributed by atoms with Crippen molar-refractivity contribution in [2.75, 3.05) is 0 Å². The van der Waals surface area contributed by atoms with Crippen LogP contribution in [0.4, 0.5) is 0 Å². The van der Waals surface area contributed by atoms with Crippen molar-refractivity contribution >= 4 is 29.3 Å². The highest BCUT2D eigenvalue weighted by Crippen LogP contribution is 2.17. The summed E-state index contributed by atoms with van der Waals surface area (Å²) >= 11 is 4.82. The van der Waals surface area contributed by atoms with Gasteiger partial charge in [0.25, 0.3) is 5.91 Å². The van der Waals surface area contributed by atoms with Crippen molar-refractivity contribution in [2.24, 2.45) is 0 Å². The Labute approximate surface area is 92.3 Å². The fourth-order valence-electron chi connectivity index (χ4n) is 1.43. The minimum Gasteiger partial charge on any atom is -0.466 e. The van der Waals surface area contributed by atoms with Gasteiger partial charge >= 0.3 is 0 Å². The first-order valence-corrected chi connectivity index (χ1v) is 4.88. The van der Waals surface area contributed by atoms with Gasteiger partial charge < -0.3 is 9.73 Å². The van der Waals surface area contributed by atoms with E-state index in [1.165, 1.54) is 0 Å². The smallest absolute Gasteiger partial charge is 0.273 e. The van der Waals surface area contributed by atoms with Crippen LogP contribution in [-0.2, 0) is 4.79 Å². The molecule has 0 saturated carbocycles. The Morgan fingerprint density at radius 2 is 2.13 bits per heavy atom. The number of aryl methyl sites for hydroxylation is 2. The van der Waals surface area contributed by atoms with Gasteiger partial charge in [-0.15, -0.1) is 0 Å². The van der Waals surface area contributed by atoms with Gasteiger partial charge in [-0.2, -0.15) is 0 Å². The summed E-state index contributed by atoms with van der Waals surface area (Å²) in [7, 11) is 0. The number of rotatable bonds is 1. The van der Waals surface area contributed by atoms with Gasteiger partial charge in [-0.1, -0.05) is 0 Å². The van der Waals surface area contributed by atoms with Crippen molar-refractivity contribution in [1.82, 2.24) is 10.6 Å². The van der Waals surface area contributed by atoms with E-state index < -0.39 is 0 Å². The van der Waals surface area contributed by atoms with Crippen molar-refractivity contribution in [3.05, 3.63) is 28.8 Å². The summed E-state index contributed by atoms with van der Waals surface area (Å²) in [5.74, 6) is 1.39. The molecular formula is C10H10N2O2S. The first-order valence-electron chi connectivity index (χ1n) is 4.47. The van der Waals surface area contributed by atoms with E-state index in [1.54, 1.807) is 6.08 Å². The minimum atomic E-state index is -0.210. The number of amides is 1. The van der Waals surface area contributed by atoms with Crippen LogP contribution in [-0.4, -0.2) is 11.0 Å². The van der Waals surface area contributed by atoms with Gasteiger partial charge in [0.15, 0.2) is 5.11 Å². The van der Waals surface area contributed by atoms with Gasteiger partial charge in [0, 0.05) is 5.56 Å². The molecule has 2 heterocycles. The van der Waals surface area contributed by atoms with Crippen LogP contribution in [0.3, 0.4) is 0 Å². The zero-order valence-corrected chi connectivity index (χ0v) is 9.20. The van der Waals surface area contributed by atoms with Crippen LogP contribution in [0, 0.1) is 13.8 Å². The average molecular weight is 222 g/mol. The monoisotopic (exact) mass is 222 g/mol. The highest BCUT2D eigenvalue weighted by atomic mass is 32.1. The molecule has 1 aromatic rings. The lowest BCUT2D eigenvalue weighted by Crippen LogP contribution is -2.21. The molecule has 0 aromatic carbocycles. The van der Waals surface area contributed by atoms with E-state index >= 15 is 0 Å². The molecule has 1 aromatic heterocycles. The molecule has 0 atom stereocenters. The molecule has 2 N–H and O–H groups in total. The molecule has 0 aliphatic carbocycles. The number of nitrogens with one attached hydrogen (secondary N) is 2. The summed E-state index contributed by atoms with van der Waals surface area (Å²) in [6.07, 6.45) is 1.72. The second-order valence-corrected chi connectivity index (χ2v) is 3.74. The van der Waals surface area contributed by atoms with E-state index in [9.17, 15) is 4.79 Å². The zero-order chi connectivity index (χ0) is 11.0. The predicted octanol–water partition coefficient (Wildman–Crippen LogP) is 1.24. The van der Waals surface area contributed by atoms with Crippen molar-refractivity contribution in [2.45, 2.75) is 13.8 Å². The van der Waals surface area contributed by atoms with Crippen molar-refractivity contribution in [1.29, 1.82) is 0 Å². The average Bonchev–Trinajstić information content (AvgIpc) is 2.58. The number of carbonyl (C=O) groups excluding carboxylic acids is 1. The van der Waals surface area contributed by atoms with Crippen LogP contribution in [0.5, 0.6) is 0 Å². The largest absolute Gasteiger partial charge is 0.466 e. The van der Waals surface area contributed by atoms with E-state index in [0.29, 0.717) is 10.8 Å². The van der Waals surface area contributed by atoms with Crippen LogP contribution >= 0.6 is 12.2 Å². The Balaban J connectivity index is 2.34. The normalized spacial score (nSPS) is 18.1. The van der Waals surface area contributed by atoms with Gasteiger partial charge in [0.05, 0.1) is 0 Å². The highest BCUT2D eigenvalue weighted by molar-refractivity contribution is 7.80. The molecule has 4 nitrogen and oxygen atoms in total. The molecule has 1 amide bonds. The molecule has 1 aliphatic heterocycles. The quantitative estimate of drug-likeness (QED) is 0.554. The Morgan fingerprint density at radius 3 is 2.60 bits per heavy atom. The lowest BCUT2D eigenvalue weighted by molar-refractivity contribution is -0.115. The van der Waals surface area contributed by atoms with Crippen molar-refractivity contribution in [3.63, 3.8) is 0 Å². The molecule has 2 rings (SSSR count). The Morgan fingerprint density at radius 1 is 1.40 bits per heavy atom. The minimum absolute atomic E-state index is 0.210. The molecular weight excluding hydrogens is 212 g/mol. The number of hydrogen-bond acceptors (Lipinski definition) is 3. The SMILES string of the molecule is Cc1cc(/C=C2/NC(=S)NC2=O)c(C)o1. The molecule has 0 bridgehead atoms. The second kappa shape index (κ2) is 3.51. The maximum absolute atomic E-state index is 11.3. The predicted molar refractivity (Wildman–Crippen MR) is 60.0 cm³/mol. The van der Waals surface area contributed by atoms with E-state index in [4.69, 9.17) is 16.6 Å². The van der Waals surface area contributed by atoms with Gasteiger partial charge in [0.1, 0.15) is 17.2 Å². The Hall–Kier alpha value is -1.62. The molecule has 78 valence electrons. The molecule has 1 aliphatic rings. The number of furan rings is 1. The van der Waals surface area contributed by atoms with E-state index in [2.05, 4.69) is 10.6 Å². The molecule has 0 unspecified atom stereocenters. The van der Waals surface area contributed by atoms with Gasteiger partial charge in [0.2, 0.25) is 0 Å². The Kier molecular flexibility index (Phi) is 2.32. The van der Waals surface area contributed by atoms with Crippen LogP contribution in [0.15, 0.2) is 16.2 Å². The van der Waals surface area contributed by atoms with Gasteiger partial charge in [-0.05, 0) is 38.2 Å². The maximum Gasteiger partial charge on any atom is 0.273 e. The number of carbonyl (C=O) groups is 1. The van der Waals surface area contributed by atoms with Gasteiger partial charge in [-0.3, -0.25) is 10.1 Å². The summed E-state index contributed by atoms with van der Waals surface area (Å²) in [4.78, 5) is 11.3. The fourth-order valence-corrected chi connectivity index (χ4v) is 1.63. The van der Waals surface area contributed by atoms with Crippen LogP contribution in [0.1, 0.15) is 17.1 Å². The molecule has 1 saturated heterocycles. The first kappa shape index (κ1) is 9.92. The number of thiocarbonyl (C=S) groups is 1. The van der Waals surface area contributed by atoms with Crippen molar-refractivity contribution in [3.8, 4) is 0 Å². The number of hydrogen-bond donors (Lipinski definition) is 2. The fraction of sp³-hybridized carbons (Fsp3) is 0.200. The van der Waals surface area contributed by atoms with E-state index in [0.717, 1.165) is 17.1 Å². The standard InChI is InChI=1S/C10H10N2O2S/c1-5-3-7(6(2)14-5)4-8-9(13)12-10(15)11-8/h3-4H,1-2H3,(H2,11,12,13,15)/b8-4+. The van der Waals surface area contributed by atoms with Crippen LogP contribution in [0.25, 0.3) is 6.08 Å². The summed E-state index contributed by atoms with van der Waals surface area (Å²) < 4.78 is 5.35. The zero-order valence-electron chi connectivity index (χ0n) is 8.38. The van der Waals surface area contributed by atoms with E-state index in [-0.39, 0.29) is 5.91 Å². The molecule has 5 heteroatoms. The van der Waals surface area contributed by atoms with Gasteiger partial charge in [-0.25, -0.2) is 0 Å². The summed E-state index contributed by atoms with van der Waals surface area (Å²) in [6, 6.07) is 1.87. The van der Waals surface area contributed by atoms with E-state index in [1.807, 2.05) is 19.9 Å². The molecule has 1 fully saturated rings. The van der Waals surface area contributed by atoms with Crippen molar-refractivity contribution < 1.29 is 9.21 Å². The topological polar surface area (TPSA) is 54.3 Å². The van der Waals surface area contributed by atoms with Crippen LogP contribution < -0.4 is 10.6 Å². The molecule has 0 radical (unpaired) electrons. The highest BCUT2D eigenvalue weighted by Gasteiger charge is 2.20. The summed E-state index contributed by atoms with van der Waals surface area (Å²) in [5.41, 5.74) is 1.33.